The molecule has 0 saturated heterocycles. The van der Waals surface area contributed by atoms with E-state index < -0.39 is 0 Å². The molecule has 3 heteroatoms. The second-order valence-corrected chi connectivity index (χ2v) is 11.7. The molecular formula is C39H37N3. The van der Waals surface area contributed by atoms with Crippen LogP contribution in [0.4, 0.5) is 0 Å². The molecule has 0 bridgehead atoms. The van der Waals surface area contributed by atoms with E-state index >= 15 is 0 Å². The van der Waals surface area contributed by atoms with Crippen molar-refractivity contribution in [2.45, 2.75) is 48.5 Å². The second-order valence-electron chi connectivity index (χ2n) is 11.7. The molecule has 5 aromatic carbocycles. The molecule has 0 fully saturated rings. The number of hydrogen-bond donors (Lipinski definition) is 0. The van der Waals surface area contributed by atoms with Crippen LogP contribution in [0.2, 0.25) is 0 Å². The van der Waals surface area contributed by atoms with E-state index in [-0.39, 0.29) is 0 Å². The molecule has 0 aliphatic heterocycles. The number of nitrogens with zero attached hydrogens (tertiary/aromatic N) is 3. The first kappa shape index (κ1) is 27.4. The number of benzene rings is 5. The Morgan fingerprint density at radius 2 is 1.02 bits per heavy atom. The van der Waals surface area contributed by atoms with E-state index in [1.54, 1.807) is 0 Å². The van der Waals surface area contributed by atoms with Gasteiger partial charge in [0, 0.05) is 11.1 Å². The Bertz CT molecular complexity index is 1880. The third-order valence-electron chi connectivity index (χ3n) is 7.98. The standard InChI is InChI=1S/C39H37N3/c1-24-16-25(2)20-35(19-24)38-40-39(33-15-11-14-32(23-33)36-27(4)17-26(3)18-28(36)5)42(41-38)37-29(6)21-34(22-30(37)7)31-12-9-8-10-13-31/h8-23H,1-7H3. The minimum atomic E-state index is 0.732. The number of rotatable bonds is 5. The summed E-state index contributed by atoms with van der Waals surface area (Å²) in [6.45, 7) is 15.2. The monoisotopic (exact) mass is 547 g/mol. The van der Waals surface area contributed by atoms with Crippen LogP contribution in [0.3, 0.4) is 0 Å². The van der Waals surface area contributed by atoms with E-state index in [1.807, 2.05) is 0 Å². The van der Waals surface area contributed by atoms with E-state index in [0.717, 1.165) is 39.6 Å². The average molecular weight is 548 g/mol. The molecule has 6 aromatic rings. The highest BCUT2D eigenvalue weighted by molar-refractivity contribution is 5.77. The summed E-state index contributed by atoms with van der Waals surface area (Å²) in [5, 5.41) is 5.19. The van der Waals surface area contributed by atoms with Crippen molar-refractivity contribution < 1.29 is 0 Å². The minimum Gasteiger partial charge on any atom is -0.212 e. The SMILES string of the molecule is Cc1cc(C)cc(-c2nc(-c3cccc(-c4c(C)cc(C)cc4C)c3)n(-c3c(C)cc(-c4ccccc4)cc3C)n2)c1. The molecule has 0 N–H and O–H groups in total. The molecule has 1 aromatic heterocycles. The van der Waals surface area contributed by atoms with Crippen LogP contribution in [0.5, 0.6) is 0 Å². The topological polar surface area (TPSA) is 30.7 Å². The number of hydrogen-bond acceptors (Lipinski definition) is 2. The summed E-state index contributed by atoms with van der Waals surface area (Å²) in [6, 6.07) is 34.9. The van der Waals surface area contributed by atoms with Crippen LogP contribution in [0.25, 0.3) is 50.7 Å². The summed E-state index contributed by atoms with van der Waals surface area (Å²) in [6.07, 6.45) is 0. The molecule has 3 nitrogen and oxygen atoms in total. The highest BCUT2D eigenvalue weighted by Gasteiger charge is 2.20. The third-order valence-corrected chi connectivity index (χ3v) is 7.98. The summed E-state index contributed by atoms with van der Waals surface area (Å²) < 4.78 is 2.06. The van der Waals surface area contributed by atoms with Crippen molar-refractivity contribution in [3.63, 3.8) is 0 Å². The van der Waals surface area contributed by atoms with Gasteiger partial charge >= 0.3 is 0 Å². The van der Waals surface area contributed by atoms with Gasteiger partial charge in [0.25, 0.3) is 0 Å². The van der Waals surface area contributed by atoms with Gasteiger partial charge in [-0.3, -0.25) is 0 Å². The maximum atomic E-state index is 5.22. The molecule has 0 amide bonds. The first-order chi connectivity index (χ1) is 20.2. The lowest BCUT2D eigenvalue weighted by atomic mass is 9.93. The molecular weight excluding hydrogens is 510 g/mol. The summed E-state index contributed by atoms with van der Waals surface area (Å²) >= 11 is 0. The first-order valence-electron chi connectivity index (χ1n) is 14.6. The van der Waals surface area contributed by atoms with Crippen LogP contribution in [-0.4, -0.2) is 14.8 Å². The third kappa shape index (κ3) is 5.19. The van der Waals surface area contributed by atoms with E-state index in [4.69, 9.17) is 10.1 Å². The van der Waals surface area contributed by atoms with Crippen LogP contribution >= 0.6 is 0 Å². The minimum absolute atomic E-state index is 0.732. The first-order valence-corrected chi connectivity index (χ1v) is 14.6. The Morgan fingerprint density at radius 1 is 0.452 bits per heavy atom. The van der Waals surface area contributed by atoms with Gasteiger partial charge in [0.2, 0.25) is 0 Å². The summed E-state index contributed by atoms with van der Waals surface area (Å²) in [7, 11) is 0. The summed E-state index contributed by atoms with van der Waals surface area (Å²) in [5.41, 5.74) is 16.6. The number of aryl methyl sites for hydroxylation is 7. The van der Waals surface area contributed by atoms with Crippen molar-refractivity contribution in [1.29, 1.82) is 0 Å². The second kappa shape index (κ2) is 10.9. The van der Waals surface area contributed by atoms with Crippen molar-refractivity contribution in [3.8, 4) is 50.7 Å². The molecule has 1 heterocycles. The molecule has 208 valence electrons. The van der Waals surface area contributed by atoms with Crippen LogP contribution < -0.4 is 0 Å². The normalized spacial score (nSPS) is 11.2. The van der Waals surface area contributed by atoms with Gasteiger partial charge in [0.15, 0.2) is 11.6 Å². The van der Waals surface area contributed by atoms with Gasteiger partial charge in [-0.1, -0.05) is 83.4 Å². The van der Waals surface area contributed by atoms with Gasteiger partial charge in [-0.2, -0.15) is 0 Å². The zero-order valence-corrected chi connectivity index (χ0v) is 25.6. The lowest BCUT2D eigenvalue weighted by Crippen LogP contribution is -2.05. The Labute approximate surface area is 249 Å². The van der Waals surface area contributed by atoms with Gasteiger partial charge in [0.05, 0.1) is 5.69 Å². The molecule has 0 saturated carbocycles. The van der Waals surface area contributed by atoms with Crippen LogP contribution in [0, 0.1) is 48.5 Å². The molecule has 0 unspecified atom stereocenters. The molecule has 0 aliphatic rings. The Morgan fingerprint density at radius 3 is 1.67 bits per heavy atom. The van der Waals surface area contributed by atoms with Crippen LogP contribution in [0.15, 0.2) is 97.1 Å². The highest BCUT2D eigenvalue weighted by atomic mass is 15.4. The van der Waals surface area contributed by atoms with Gasteiger partial charge in [-0.25, -0.2) is 9.67 Å². The molecule has 42 heavy (non-hydrogen) atoms. The van der Waals surface area contributed by atoms with Gasteiger partial charge < -0.3 is 0 Å². The highest BCUT2D eigenvalue weighted by Crippen LogP contribution is 2.35. The Kier molecular flexibility index (Phi) is 7.12. The maximum Gasteiger partial charge on any atom is 0.182 e. The van der Waals surface area contributed by atoms with Gasteiger partial charge in [-0.05, 0) is 123 Å². The molecule has 0 aliphatic carbocycles. The number of aromatic nitrogens is 3. The largest absolute Gasteiger partial charge is 0.212 e. The zero-order valence-electron chi connectivity index (χ0n) is 25.6. The van der Waals surface area contributed by atoms with Crippen molar-refractivity contribution >= 4 is 0 Å². The van der Waals surface area contributed by atoms with E-state index in [0.29, 0.717) is 0 Å². The summed E-state index contributed by atoms with van der Waals surface area (Å²) in [5.74, 6) is 1.57. The Hall–Kier alpha value is -4.76. The van der Waals surface area contributed by atoms with Crippen LogP contribution in [0.1, 0.15) is 38.9 Å². The fraction of sp³-hybridized carbons (Fsp3) is 0.179. The lowest BCUT2D eigenvalue weighted by molar-refractivity contribution is 0.874. The smallest absolute Gasteiger partial charge is 0.182 e. The Balaban J connectivity index is 1.56. The fourth-order valence-corrected chi connectivity index (χ4v) is 6.42. The quantitative estimate of drug-likeness (QED) is 0.215. The van der Waals surface area contributed by atoms with Crippen LogP contribution in [-0.2, 0) is 0 Å². The predicted octanol–water partition coefficient (Wildman–Crippen LogP) is 10.1. The molecule has 6 rings (SSSR count). The lowest BCUT2D eigenvalue weighted by Gasteiger charge is -2.16. The summed E-state index contributed by atoms with van der Waals surface area (Å²) in [4.78, 5) is 5.22. The van der Waals surface area contributed by atoms with Gasteiger partial charge in [-0.15, -0.1) is 5.10 Å². The van der Waals surface area contributed by atoms with Crippen molar-refractivity contribution in [2.75, 3.05) is 0 Å². The molecule has 0 spiro atoms. The van der Waals surface area contributed by atoms with Gasteiger partial charge in [0.1, 0.15) is 0 Å². The van der Waals surface area contributed by atoms with E-state index in [2.05, 4.69) is 150 Å². The van der Waals surface area contributed by atoms with Crippen molar-refractivity contribution in [1.82, 2.24) is 14.8 Å². The average Bonchev–Trinajstić information content (AvgIpc) is 3.37. The van der Waals surface area contributed by atoms with Crippen molar-refractivity contribution in [3.05, 3.63) is 136 Å². The fourth-order valence-electron chi connectivity index (χ4n) is 6.42. The van der Waals surface area contributed by atoms with E-state index in [1.165, 1.54) is 50.1 Å². The van der Waals surface area contributed by atoms with E-state index in [9.17, 15) is 0 Å². The predicted molar refractivity (Wildman–Crippen MR) is 176 cm³/mol. The molecule has 0 radical (unpaired) electrons. The zero-order chi connectivity index (χ0) is 29.5. The molecule has 0 atom stereocenters. The van der Waals surface area contributed by atoms with Crippen molar-refractivity contribution in [2.24, 2.45) is 0 Å². The maximum absolute atomic E-state index is 5.22.